The molecule has 148 valence electrons. The van der Waals surface area contributed by atoms with E-state index in [9.17, 15) is 20.0 Å². The summed E-state index contributed by atoms with van der Waals surface area (Å²) >= 11 is 3.36. The van der Waals surface area contributed by atoms with Crippen molar-refractivity contribution >= 4 is 44.1 Å². The van der Waals surface area contributed by atoms with Gasteiger partial charge in [0.15, 0.2) is 5.69 Å². The number of hydrazine groups is 1. The zero-order chi connectivity index (χ0) is 20.5. The SMILES string of the molecule is O=C(N=Nc1c(O)[nH]c2ccc(Br)cc12)C1CC(c2cccc([N+](=O)[O-])c2)NN1. The number of amides is 1. The van der Waals surface area contributed by atoms with Gasteiger partial charge in [-0.1, -0.05) is 28.1 Å². The molecular formula is C18H15BrN6O4. The summed E-state index contributed by atoms with van der Waals surface area (Å²) < 4.78 is 0.799. The van der Waals surface area contributed by atoms with Crippen LogP contribution in [0.3, 0.4) is 0 Å². The molecule has 0 saturated carbocycles. The molecule has 3 aromatic rings. The lowest BCUT2D eigenvalue weighted by atomic mass is 10.0. The number of benzene rings is 2. The minimum Gasteiger partial charge on any atom is -0.493 e. The molecule has 1 aliphatic rings. The third-order valence-corrected chi connectivity index (χ3v) is 5.14. The van der Waals surface area contributed by atoms with E-state index in [4.69, 9.17) is 0 Å². The van der Waals surface area contributed by atoms with Gasteiger partial charge in [0.05, 0.1) is 10.4 Å². The number of aromatic hydroxyl groups is 1. The second-order valence-corrected chi connectivity index (χ2v) is 7.45. The highest BCUT2D eigenvalue weighted by Gasteiger charge is 2.31. The Morgan fingerprint density at radius 3 is 2.86 bits per heavy atom. The standard InChI is InChI=1S/C18H15BrN6O4/c19-10-4-5-13-12(7-10)16(18(27)20-13)23-24-17(26)15-8-14(21-22-15)9-2-1-3-11(6-9)25(28)29/h1-7,14-15,20-22,27H,8H2. The number of H-pyrrole nitrogens is 1. The van der Waals surface area contributed by atoms with Crippen LogP contribution in [0.5, 0.6) is 5.88 Å². The predicted molar refractivity (Wildman–Crippen MR) is 108 cm³/mol. The van der Waals surface area contributed by atoms with Crippen molar-refractivity contribution < 1.29 is 14.8 Å². The van der Waals surface area contributed by atoms with Crippen LogP contribution in [-0.2, 0) is 4.79 Å². The highest BCUT2D eigenvalue weighted by Crippen LogP contribution is 2.37. The minimum atomic E-state index is -0.651. The number of hydrogen-bond donors (Lipinski definition) is 4. The number of aromatic nitrogens is 1. The van der Waals surface area contributed by atoms with Crippen molar-refractivity contribution in [3.63, 3.8) is 0 Å². The van der Waals surface area contributed by atoms with Gasteiger partial charge in [0.1, 0.15) is 6.04 Å². The van der Waals surface area contributed by atoms with E-state index in [2.05, 4.69) is 42.0 Å². The average molecular weight is 459 g/mol. The molecule has 2 atom stereocenters. The number of aromatic amines is 1. The number of nitro benzene ring substituents is 1. The molecule has 0 bridgehead atoms. The van der Waals surface area contributed by atoms with Gasteiger partial charge in [-0.15, -0.1) is 10.2 Å². The van der Waals surface area contributed by atoms with Crippen LogP contribution in [0.4, 0.5) is 11.4 Å². The second kappa shape index (κ2) is 7.70. The molecule has 29 heavy (non-hydrogen) atoms. The van der Waals surface area contributed by atoms with E-state index in [1.165, 1.54) is 12.1 Å². The van der Waals surface area contributed by atoms with Crippen molar-refractivity contribution in [1.82, 2.24) is 15.8 Å². The molecule has 1 amide bonds. The Morgan fingerprint density at radius 2 is 2.07 bits per heavy atom. The minimum absolute atomic E-state index is 0.0141. The Bertz CT molecular complexity index is 1140. The van der Waals surface area contributed by atoms with E-state index >= 15 is 0 Å². The quantitative estimate of drug-likeness (QED) is 0.266. The lowest BCUT2D eigenvalue weighted by Crippen LogP contribution is -2.35. The molecule has 0 spiro atoms. The van der Waals surface area contributed by atoms with Gasteiger partial charge in [-0.2, -0.15) is 0 Å². The number of nitrogens with zero attached hydrogens (tertiary/aromatic N) is 3. The zero-order valence-electron chi connectivity index (χ0n) is 14.8. The Balaban J connectivity index is 1.49. The van der Waals surface area contributed by atoms with E-state index in [0.29, 0.717) is 22.9 Å². The van der Waals surface area contributed by atoms with Crippen molar-refractivity contribution in [2.45, 2.75) is 18.5 Å². The first-order valence-electron chi connectivity index (χ1n) is 8.63. The number of azo groups is 1. The average Bonchev–Trinajstić information content (AvgIpc) is 3.31. The van der Waals surface area contributed by atoms with Crippen molar-refractivity contribution in [3.05, 3.63) is 62.6 Å². The van der Waals surface area contributed by atoms with Crippen LogP contribution >= 0.6 is 15.9 Å². The van der Waals surface area contributed by atoms with Crippen LogP contribution in [-0.4, -0.2) is 27.0 Å². The monoisotopic (exact) mass is 458 g/mol. The summed E-state index contributed by atoms with van der Waals surface area (Å²) in [7, 11) is 0. The molecule has 1 aromatic heterocycles. The smallest absolute Gasteiger partial charge is 0.282 e. The Hall–Kier alpha value is -3.15. The molecule has 2 aromatic carbocycles. The maximum Gasteiger partial charge on any atom is 0.282 e. The fourth-order valence-corrected chi connectivity index (χ4v) is 3.56. The molecule has 2 heterocycles. The van der Waals surface area contributed by atoms with Crippen LogP contribution in [0.25, 0.3) is 10.9 Å². The van der Waals surface area contributed by atoms with Crippen LogP contribution in [0, 0.1) is 10.1 Å². The molecule has 4 N–H and O–H groups in total. The van der Waals surface area contributed by atoms with Gasteiger partial charge in [0, 0.05) is 28.0 Å². The molecule has 4 rings (SSSR count). The van der Waals surface area contributed by atoms with E-state index in [-0.39, 0.29) is 23.3 Å². The van der Waals surface area contributed by atoms with Crippen molar-refractivity contribution in [3.8, 4) is 5.88 Å². The Kier molecular flexibility index (Phi) is 5.09. The number of rotatable bonds is 4. The number of non-ortho nitro benzene ring substituents is 1. The molecule has 2 unspecified atom stereocenters. The molecule has 1 aliphatic heterocycles. The highest BCUT2D eigenvalue weighted by molar-refractivity contribution is 9.10. The maximum atomic E-state index is 12.4. The first kappa shape index (κ1) is 19.2. The van der Waals surface area contributed by atoms with Crippen LogP contribution in [0.15, 0.2) is 57.2 Å². The maximum absolute atomic E-state index is 12.4. The van der Waals surface area contributed by atoms with Crippen LogP contribution in [0.2, 0.25) is 0 Å². The molecule has 0 aliphatic carbocycles. The molecule has 10 nitrogen and oxygen atoms in total. The number of nitro groups is 1. The van der Waals surface area contributed by atoms with Crippen molar-refractivity contribution in [2.75, 3.05) is 0 Å². The van der Waals surface area contributed by atoms with Gasteiger partial charge in [0.25, 0.3) is 11.6 Å². The number of hydrogen-bond acceptors (Lipinski definition) is 7. The lowest BCUT2D eigenvalue weighted by molar-refractivity contribution is -0.384. The summed E-state index contributed by atoms with van der Waals surface area (Å²) in [4.78, 5) is 25.7. The number of nitrogens with one attached hydrogen (secondary N) is 3. The van der Waals surface area contributed by atoms with Crippen LogP contribution < -0.4 is 10.9 Å². The predicted octanol–water partition coefficient (Wildman–Crippen LogP) is 3.76. The topological polar surface area (TPSA) is 145 Å². The third-order valence-electron chi connectivity index (χ3n) is 4.65. The van der Waals surface area contributed by atoms with Gasteiger partial charge in [0.2, 0.25) is 5.88 Å². The van der Waals surface area contributed by atoms with E-state index in [1.54, 1.807) is 24.3 Å². The van der Waals surface area contributed by atoms with Gasteiger partial charge < -0.3 is 10.1 Å². The van der Waals surface area contributed by atoms with Crippen LogP contribution in [0.1, 0.15) is 18.0 Å². The molecule has 0 radical (unpaired) electrons. The normalized spacial score (nSPS) is 19.2. The molecule has 1 saturated heterocycles. The summed E-state index contributed by atoms with van der Waals surface area (Å²) in [6.45, 7) is 0. The first-order chi connectivity index (χ1) is 13.9. The largest absolute Gasteiger partial charge is 0.493 e. The molecule has 1 fully saturated rings. The zero-order valence-corrected chi connectivity index (χ0v) is 16.4. The Morgan fingerprint density at radius 1 is 1.24 bits per heavy atom. The third kappa shape index (κ3) is 3.88. The van der Waals surface area contributed by atoms with Gasteiger partial charge in [-0.05, 0) is 30.2 Å². The number of carbonyl (C=O) groups is 1. The molecular weight excluding hydrogens is 444 g/mol. The van der Waals surface area contributed by atoms with Gasteiger partial charge in [-0.3, -0.25) is 14.9 Å². The second-order valence-electron chi connectivity index (χ2n) is 6.53. The van der Waals surface area contributed by atoms with E-state index < -0.39 is 16.9 Å². The summed E-state index contributed by atoms with van der Waals surface area (Å²) in [5.41, 5.74) is 7.32. The fourth-order valence-electron chi connectivity index (χ4n) is 3.20. The van der Waals surface area contributed by atoms with Gasteiger partial charge in [-0.25, -0.2) is 10.9 Å². The number of carbonyl (C=O) groups excluding carboxylic acids is 1. The van der Waals surface area contributed by atoms with Crippen molar-refractivity contribution in [1.29, 1.82) is 0 Å². The molecule has 11 heteroatoms. The van der Waals surface area contributed by atoms with Crippen molar-refractivity contribution in [2.24, 2.45) is 10.2 Å². The number of halogens is 1. The summed E-state index contributed by atoms with van der Waals surface area (Å²) in [5, 5.41) is 29.3. The van der Waals surface area contributed by atoms with E-state index in [0.717, 1.165) is 4.47 Å². The summed E-state index contributed by atoms with van der Waals surface area (Å²) in [6, 6.07) is 10.6. The fraction of sp³-hybridized carbons (Fsp3) is 0.167. The van der Waals surface area contributed by atoms with E-state index in [1.807, 2.05) is 6.07 Å². The Labute approximate surface area is 172 Å². The summed E-state index contributed by atoms with van der Waals surface area (Å²) in [6.07, 6.45) is 0.352. The lowest BCUT2D eigenvalue weighted by Gasteiger charge is -2.08. The number of fused-ring (bicyclic) bond motifs is 1. The van der Waals surface area contributed by atoms with Gasteiger partial charge >= 0.3 is 0 Å². The first-order valence-corrected chi connectivity index (χ1v) is 9.43. The highest BCUT2D eigenvalue weighted by atomic mass is 79.9. The summed E-state index contributed by atoms with van der Waals surface area (Å²) in [5.74, 6) is -0.698.